The predicted octanol–water partition coefficient (Wildman–Crippen LogP) is 3.21. The van der Waals surface area contributed by atoms with E-state index in [1.165, 1.54) is 11.1 Å². The zero-order valence-corrected chi connectivity index (χ0v) is 12.4. The molecule has 0 amide bonds. The van der Waals surface area contributed by atoms with E-state index in [0.717, 1.165) is 25.6 Å². The van der Waals surface area contributed by atoms with Crippen LogP contribution in [0.25, 0.3) is 0 Å². The Kier molecular flexibility index (Phi) is 4.20. The lowest BCUT2D eigenvalue weighted by Crippen LogP contribution is -2.39. The van der Waals surface area contributed by atoms with Crippen molar-refractivity contribution in [1.29, 1.82) is 0 Å². The fourth-order valence-corrected chi connectivity index (χ4v) is 2.68. The fraction of sp³-hybridized carbons (Fsp3) is 0.278. The van der Waals surface area contributed by atoms with Crippen LogP contribution in [0.4, 0.5) is 0 Å². The highest BCUT2D eigenvalue weighted by Gasteiger charge is 2.22. The average molecular weight is 279 g/mol. The highest BCUT2D eigenvalue weighted by atomic mass is 15.3. The predicted molar refractivity (Wildman–Crippen MR) is 87.1 cm³/mol. The maximum absolute atomic E-state index is 4.61. The molecule has 0 bridgehead atoms. The SMILES string of the molecule is C[C@@H](c1ccccc1)N1CCN=C1NCc1ccccc1. The molecule has 3 nitrogen and oxygen atoms in total. The van der Waals surface area contributed by atoms with Crippen molar-refractivity contribution in [2.24, 2.45) is 4.99 Å². The van der Waals surface area contributed by atoms with E-state index in [0.29, 0.717) is 6.04 Å². The van der Waals surface area contributed by atoms with E-state index in [1.807, 2.05) is 6.07 Å². The third kappa shape index (κ3) is 3.24. The first-order chi connectivity index (χ1) is 10.3. The second-order valence-electron chi connectivity index (χ2n) is 5.32. The summed E-state index contributed by atoms with van der Waals surface area (Å²) >= 11 is 0. The van der Waals surface area contributed by atoms with E-state index >= 15 is 0 Å². The second-order valence-corrected chi connectivity index (χ2v) is 5.32. The summed E-state index contributed by atoms with van der Waals surface area (Å²) in [7, 11) is 0. The van der Waals surface area contributed by atoms with Gasteiger partial charge in [-0.15, -0.1) is 0 Å². The van der Waals surface area contributed by atoms with Gasteiger partial charge in [0.2, 0.25) is 0 Å². The van der Waals surface area contributed by atoms with Crippen LogP contribution in [0, 0.1) is 0 Å². The summed E-state index contributed by atoms with van der Waals surface area (Å²) in [5.41, 5.74) is 2.60. The molecule has 1 heterocycles. The van der Waals surface area contributed by atoms with Gasteiger partial charge >= 0.3 is 0 Å². The Morgan fingerprint density at radius 3 is 2.43 bits per heavy atom. The molecule has 1 atom stereocenters. The number of nitrogens with zero attached hydrogens (tertiary/aromatic N) is 2. The summed E-state index contributed by atoms with van der Waals surface area (Å²) in [6.07, 6.45) is 0. The van der Waals surface area contributed by atoms with Crippen LogP contribution in [0.1, 0.15) is 24.1 Å². The first kappa shape index (κ1) is 13.7. The lowest BCUT2D eigenvalue weighted by atomic mass is 10.1. The number of benzene rings is 2. The Balaban J connectivity index is 1.65. The van der Waals surface area contributed by atoms with Crippen LogP contribution >= 0.6 is 0 Å². The normalized spacial score (nSPS) is 15.7. The zero-order valence-electron chi connectivity index (χ0n) is 12.4. The van der Waals surface area contributed by atoms with Gasteiger partial charge < -0.3 is 10.2 Å². The molecule has 0 saturated heterocycles. The fourth-order valence-electron chi connectivity index (χ4n) is 2.68. The molecule has 1 aliphatic heterocycles. The molecule has 3 heteroatoms. The van der Waals surface area contributed by atoms with E-state index in [4.69, 9.17) is 0 Å². The van der Waals surface area contributed by atoms with Crippen LogP contribution < -0.4 is 5.32 Å². The minimum atomic E-state index is 0.343. The van der Waals surface area contributed by atoms with Crippen molar-refractivity contribution >= 4 is 5.96 Å². The Labute approximate surface area is 126 Å². The molecule has 2 aromatic carbocycles. The quantitative estimate of drug-likeness (QED) is 0.930. The van der Waals surface area contributed by atoms with Gasteiger partial charge in [-0.2, -0.15) is 0 Å². The minimum absolute atomic E-state index is 0.343. The smallest absolute Gasteiger partial charge is 0.194 e. The first-order valence-electron chi connectivity index (χ1n) is 7.48. The van der Waals surface area contributed by atoms with Crippen LogP contribution in [0.2, 0.25) is 0 Å². The highest BCUT2D eigenvalue weighted by molar-refractivity contribution is 5.81. The van der Waals surface area contributed by atoms with E-state index < -0.39 is 0 Å². The van der Waals surface area contributed by atoms with Crippen molar-refractivity contribution in [3.63, 3.8) is 0 Å². The Morgan fingerprint density at radius 1 is 1.05 bits per heavy atom. The zero-order chi connectivity index (χ0) is 14.5. The molecule has 108 valence electrons. The van der Waals surface area contributed by atoms with Crippen LogP contribution in [0.3, 0.4) is 0 Å². The summed E-state index contributed by atoms with van der Waals surface area (Å²) < 4.78 is 0. The molecular formula is C18H21N3. The van der Waals surface area contributed by atoms with Crippen LogP contribution in [-0.4, -0.2) is 23.9 Å². The first-order valence-corrected chi connectivity index (χ1v) is 7.48. The van der Waals surface area contributed by atoms with Gasteiger partial charge in [0.25, 0.3) is 0 Å². The molecule has 0 aromatic heterocycles. The standard InChI is InChI=1S/C18H21N3/c1-15(17-10-6-3-7-11-17)21-13-12-19-18(21)20-14-16-8-4-2-5-9-16/h2-11,15H,12-14H2,1H3,(H,19,20)/t15-/m0/s1. The van der Waals surface area contributed by atoms with Gasteiger partial charge in [-0.25, -0.2) is 0 Å². The van der Waals surface area contributed by atoms with E-state index in [2.05, 4.69) is 76.7 Å². The van der Waals surface area contributed by atoms with Crippen LogP contribution in [0.15, 0.2) is 65.7 Å². The average Bonchev–Trinajstić information content (AvgIpc) is 3.02. The maximum Gasteiger partial charge on any atom is 0.194 e. The monoisotopic (exact) mass is 279 g/mol. The summed E-state index contributed by atoms with van der Waals surface area (Å²) in [4.78, 5) is 6.96. The number of hydrogen-bond acceptors (Lipinski definition) is 3. The van der Waals surface area contributed by atoms with Crippen molar-refractivity contribution in [2.45, 2.75) is 19.5 Å². The molecule has 0 spiro atoms. The van der Waals surface area contributed by atoms with Gasteiger partial charge in [0.15, 0.2) is 5.96 Å². The summed E-state index contributed by atoms with van der Waals surface area (Å²) in [6.45, 7) is 4.90. The third-order valence-electron chi connectivity index (χ3n) is 3.92. The molecule has 0 radical (unpaired) electrons. The molecule has 3 rings (SSSR count). The number of aliphatic imine (C=N–C) groups is 1. The molecule has 2 aromatic rings. The molecule has 1 N–H and O–H groups in total. The largest absolute Gasteiger partial charge is 0.352 e. The second kappa shape index (κ2) is 6.44. The molecule has 0 aliphatic carbocycles. The highest BCUT2D eigenvalue weighted by Crippen LogP contribution is 2.21. The molecular weight excluding hydrogens is 258 g/mol. The molecule has 21 heavy (non-hydrogen) atoms. The number of nitrogens with one attached hydrogen (secondary N) is 1. The topological polar surface area (TPSA) is 27.6 Å². The minimum Gasteiger partial charge on any atom is -0.352 e. The third-order valence-corrected chi connectivity index (χ3v) is 3.92. The van der Waals surface area contributed by atoms with Gasteiger partial charge in [-0.05, 0) is 18.1 Å². The van der Waals surface area contributed by atoms with Gasteiger partial charge in [0.05, 0.1) is 12.6 Å². The summed E-state index contributed by atoms with van der Waals surface area (Å²) in [5, 5.41) is 3.47. The Bertz CT molecular complexity index is 592. The van der Waals surface area contributed by atoms with Crippen LogP contribution in [-0.2, 0) is 6.54 Å². The number of guanidine groups is 1. The van der Waals surface area contributed by atoms with E-state index in [-0.39, 0.29) is 0 Å². The van der Waals surface area contributed by atoms with Gasteiger partial charge in [0.1, 0.15) is 0 Å². The number of hydrogen-bond donors (Lipinski definition) is 1. The Morgan fingerprint density at radius 2 is 1.71 bits per heavy atom. The van der Waals surface area contributed by atoms with Gasteiger partial charge in [0, 0.05) is 13.1 Å². The molecule has 1 aliphatic rings. The number of rotatable bonds is 4. The lowest BCUT2D eigenvalue weighted by Gasteiger charge is -2.28. The lowest BCUT2D eigenvalue weighted by molar-refractivity contribution is 0.355. The molecule has 0 fully saturated rings. The van der Waals surface area contributed by atoms with Crippen LogP contribution in [0.5, 0.6) is 0 Å². The van der Waals surface area contributed by atoms with E-state index in [1.54, 1.807) is 0 Å². The van der Waals surface area contributed by atoms with Gasteiger partial charge in [-0.1, -0.05) is 60.7 Å². The van der Waals surface area contributed by atoms with Crippen molar-refractivity contribution in [3.05, 3.63) is 71.8 Å². The molecule has 0 saturated carbocycles. The van der Waals surface area contributed by atoms with Crippen molar-refractivity contribution in [1.82, 2.24) is 10.2 Å². The van der Waals surface area contributed by atoms with Crippen molar-refractivity contribution in [3.8, 4) is 0 Å². The Hall–Kier alpha value is -2.29. The summed E-state index contributed by atoms with van der Waals surface area (Å²) in [6, 6.07) is 21.4. The van der Waals surface area contributed by atoms with E-state index in [9.17, 15) is 0 Å². The van der Waals surface area contributed by atoms with Crippen molar-refractivity contribution < 1.29 is 0 Å². The van der Waals surface area contributed by atoms with Crippen molar-refractivity contribution in [2.75, 3.05) is 13.1 Å². The van der Waals surface area contributed by atoms with Gasteiger partial charge in [-0.3, -0.25) is 4.99 Å². The molecule has 0 unspecified atom stereocenters. The summed E-state index contributed by atoms with van der Waals surface area (Å²) in [5.74, 6) is 1.01. The maximum atomic E-state index is 4.61.